The Morgan fingerprint density at radius 3 is 2.38 bits per heavy atom. The van der Waals surface area contributed by atoms with Gasteiger partial charge >= 0.3 is 6.09 Å². The van der Waals surface area contributed by atoms with E-state index in [0.29, 0.717) is 17.2 Å². The third kappa shape index (κ3) is 4.77. The van der Waals surface area contributed by atoms with Crippen molar-refractivity contribution in [1.29, 1.82) is 0 Å². The standard InChI is InChI=1S/C30H25N3O5S/c31-28(34)18-11-12-27-26(14-18)33(15-19-6-5-13-37-19)29(35)25(17-39-27)32-30(36)38-16-24-22-9-3-1-7-20(22)21-8-2-4-10-23(21)24/h1-14,24-25H,15-17H2,(H2,31,34)(H,32,36)/t25-/m0/s1. The number of thioether (sulfide) groups is 1. The van der Waals surface area contributed by atoms with Gasteiger partial charge in [0, 0.05) is 22.1 Å². The third-order valence-electron chi connectivity index (χ3n) is 7.03. The fourth-order valence-electron chi connectivity index (χ4n) is 5.16. The zero-order chi connectivity index (χ0) is 26.9. The molecule has 1 aliphatic heterocycles. The second-order valence-electron chi connectivity index (χ2n) is 9.38. The molecule has 3 amide bonds. The number of hydrogen-bond acceptors (Lipinski definition) is 6. The van der Waals surface area contributed by atoms with E-state index in [0.717, 1.165) is 27.1 Å². The van der Waals surface area contributed by atoms with Crippen LogP contribution in [0.3, 0.4) is 0 Å². The zero-order valence-electron chi connectivity index (χ0n) is 20.8. The van der Waals surface area contributed by atoms with E-state index >= 15 is 0 Å². The van der Waals surface area contributed by atoms with Crippen molar-refractivity contribution in [3.05, 3.63) is 108 Å². The molecule has 0 bridgehead atoms. The summed E-state index contributed by atoms with van der Waals surface area (Å²) in [6, 6.07) is 23.8. The number of carbonyl (C=O) groups is 3. The predicted molar refractivity (Wildman–Crippen MR) is 148 cm³/mol. The van der Waals surface area contributed by atoms with Crippen LogP contribution in [0, 0.1) is 0 Å². The quantitative estimate of drug-likeness (QED) is 0.359. The number of carbonyl (C=O) groups excluding carboxylic acids is 3. The molecule has 0 radical (unpaired) electrons. The zero-order valence-corrected chi connectivity index (χ0v) is 21.6. The first-order chi connectivity index (χ1) is 19.0. The highest BCUT2D eigenvalue weighted by Crippen LogP contribution is 2.44. The first-order valence-electron chi connectivity index (χ1n) is 12.5. The normalized spacial score (nSPS) is 16.2. The first-order valence-corrected chi connectivity index (χ1v) is 13.5. The number of benzene rings is 3. The molecule has 1 atom stereocenters. The van der Waals surface area contributed by atoms with E-state index in [2.05, 4.69) is 29.6 Å². The summed E-state index contributed by atoms with van der Waals surface area (Å²) in [5.74, 6) is -0.168. The largest absolute Gasteiger partial charge is 0.467 e. The molecule has 2 aliphatic rings. The summed E-state index contributed by atoms with van der Waals surface area (Å²) in [4.78, 5) is 40.9. The highest BCUT2D eigenvalue weighted by Gasteiger charge is 2.34. The van der Waals surface area contributed by atoms with Crippen molar-refractivity contribution in [3.8, 4) is 11.1 Å². The lowest BCUT2D eigenvalue weighted by molar-refractivity contribution is -0.120. The Balaban J connectivity index is 1.20. The fourth-order valence-corrected chi connectivity index (χ4v) is 6.22. The molecule has 6 rings (SSSR count). The molecule has 3 aromatic carbocycles. The summed E-state index contributed by atoms with van der Waals surface area (Å²) in [6.07, 6.45) is 0.858. The van der Waals surface area contributed by atoms with Crippen molar-refractivity contribution >= 4 is 35.4 Å². The van der Waals surface area contributed by atoms with Crippen LogP contribution in [-0.4, -0.2) is 36.3 Å². The molecule has 9 heteroatoms. The van der Waals surface area contributed by atoms with Gasteiger partial charge in [0.25, 0.3) is 5.91 Å². The molecule has 39 heavy (non-hydrogen) atoms. The van der Waals surface area contributed by atoms with Crippen LogP contribution in [0.25, 0.3) is 11.1 Å². The van der Waals surface area contributed by atoms with Crippen molar-refractivity contribution in [2.75, 3.05) is 17.3 Å². The van der Waals surface area contributed by atoms with Crippen LogP contribution < -0.4 is 16.0 Å². The maximum absolute atomic E-state index is 13.7. The van der Waals surface area contributed by atoms with Gasteiger partial charge in [-0.25, -0.2) is 4.79 Å². The Morgan fingerprint density at radius 2 is 1.72 bits per heavy atom. The van der Waals surface area contributed by atoms with Gasteiger partial charge in [-0.1, -0.05) is 48.5 Å². The summed E-state index contributed by atoms with van der Waals surface area (Å²) in [7, 11) is 0. The Kier molecular flexibility index (Phi) is 6.58. The molecule has 1 aliphatic carbocycles. The molecule has 2 heterocycles. The number of hydrogen-bond donors (Lipinski definition) is 2. The fraction of sp³-hybridized carbons (Fsp3) is 0.167. The maximum Gasteiger partial charge on any atom is 0.407 e. The van der Waals surface area contributed by atoms with E-state index in [1.54, 1.807) is 30.3 Å². The van der Waals surface area contributed by atoms with Gasteiger partial charge in [-0.05, 0) is 52.6 Å². The van der Waals surface area contributed by atoms with Crippen molar-refractivity contribution in [2.45, 2.75) is 23.4 Å². The smallest absolute Gasteiger partial charge is 0.407 e. The molecular weight excluding hydrogens is 514 g/mol. The second-order valence-corrected chi connectivity index (χ2v) is 10.4. The molecule has 0 spiro atoms. The van der Waals surface area contributed by atoms with Gasteiger partial charge in [-0.15, -0.1) is 11.8 Å². The highest BCUT2D eigenvalue weighted by atomic mass is 32.2. The molecule has 1 aromatic heterocycles. The Bertz CT molecular complexity index is 1520. The number of nitrogens with zero attached hydrogens (tertiary/aromatic N) is 1. The number of amides is 3. The lowest BCUT2D eigenvalue weighted by Gasteiger charge is -2.25. The predicted octanol–water partition coefficient (Wildman–Crippen LogP) is 4.92. The Labute approximate surface area is 229 Å². The van der Waals surface area contributed by atoms with E-state index < -0.39 is 18.0 Å². The molecule has 3 N–H and O–H groups in total. The topological polar surface area (TPSA) is 115 Å². The summed E-state index contributed by atoms with van der Waals surface area (Å²) >= 11 is 1.41. The average molecular weight is 540 g/mol. The van der Waals surface area contributed by atoms with Crippen molar-refractivity contribution in [3.63, 3.8) is 0 Å². The summed E-state index contributed by atoms with van der Waals surface area (Å²) in [5.41, 5.74) is 10.8. The maximum atomic E-state index is 13.7. The highest BCUT2D eigenvalue weighted by molar-refractivity contribution is 7.99. The molecule has 8 nitrogen and oxygen atoms in total. The number of ether oxygens (including phenoxy) is 1. The van der Waals surface area contributed by atoms with Crippen LogP contribution in [0.15, 0.2) is 94.4 Å². The number of alkyl carbamates (subject to hydrolysis) is 1. The van der Waals surface area contributed by atoms with Crippen LogP contribution in [0.4, 0.5) is 10.5 Å². The van der Waals surface area contributed by atoms with E-state index in [-0.39, 0.29) is 30.5 Å². The number of nitrogens with two attached hydrogens (primary N) is 1. The number of nitrogens with one attached hydrogen (secondary N) is 1. The van der Waals surface area contributed by atoms with Crippen molar-refractivity contribution in [1.82, 2.24) is 5.32 Å². The summed E-state index contributed by atoms with van der Waals surface area (Å²) in [6.45, 7) is 0.275. The van der Waals surface area contributed by atoms with Gasteiger partial charge in [0.2, 0.25) is 5.91 Å². The van der Waals surface area contributed by atoms with E-state index in [1.807, 2.05) is 24.3 Å². The van der Waals surface area contributed by atoms with Crippen LogP contribution in [0.5, 0.6) is 0 Å². The van der Waals surface area contributed by atoms with Gasteiger partial charge < -0.3 is 25.1 Å². The number of furan rings is 1. The number of fused-ring (bicyclic) bond motifs is 4. The van der Waals surface area contributed by atoms with E-state index in [4.69, 9.17) is 14.9 Å². The third-order valence-corrected chi connectivity index (χ3v) is 8.19. The molecule has 0 saturated heterocycles. The Morgan fingerprint density at radius 1 is 1.00 bits per heavy atom. The van der Waals surface area contributed by atoms with E-state index in [1.165, 1.54) is 22.9 Å². The SMILES string of the molecule is NC(=O)c1ccc2c(c1)N(Cc1ccco1)C(=O)[C@@H](NC(=O)OCC1c3ccccc3-c3ccccc31)CS2. The van der Waals surface area contributed by atoms with Crippen LogP contribution in [0.1, 0.15) is 33.2 Å². The summed E-state index contributed by atoms with van der Waals surface area (Å²) < 4.78 is 11.2. The van der Waals surface area contributed by atoms with Crippen LogP contribution >= 0.6 is 11.8 Å². The van der Waals surface area contributed by atoms with Crippen molar-refractivity contribution in [2.24, 2.45) is 5.73 Å². The molecule has 0 unspecified atom stereocenters. The minimum absolute atomic E-state index is 0.0886. The number of primary amides is 1. The van der Waals surface area contributed by atoms with Crippen LogP contribution in [0.2, 0.25) is 0 Å². The van der Waals surface area contributed by atoms with Gasteiger partial charge in [0.1, 0.15) is 18.4 Å². The second kappa shape index (κ2) is 10.3. The van der Waals surface area contributed by atoms with Gasteiger partial charge in [0.05, 0.1) is 18.5 Å². The van der Waals surface area contributed by atoms with Crippen molar-refractivity contribution < 1.29 is 23.5 Å². The monoisotopic (exact) mass is 539 g/mol. The van der Waals surface area contributed by atoms with Crippen LogP contribution in [-0.2, 0) is 16.1 Å². The number of rotatable bonds is 6. The molecular formula is C30H25N3O5S. The van der Waals surface area contributed by atoms with E-state index in [9.17, 15) is 14.4 Å². The Hall–Kier alpha value is -4.50. The minimum atomic E-state index is -0.856. The summed E-state index contributed by atoms with van der Waals surface area (Å²) in [5, 5.41) is 2.77. The molecule has 0 fully saturated rings. The lowest BCUT2D eigenvalue weighted by Crippen LogP contribution is -2.49. The minimum Gasteiger partial charge on any atom is -0.467 e. The number of anilines is 1. The van der Waals surface area contributed by atoms with Gasteiger partial charge in [0.15, 0.2) is 0 Å². The molecule has 0 saturated carbocycles. The molecule has 196 valence electrons. The lowest BCUT2D eigenvalue weighted by atomic mass is 9.98. The first kappa shape index (κ1) is 24.8. The van der Waals surface area contributed by atoms with Gasteiger partial charge in [-0.3, -0.25) is 9.59 Å². The molecule has 4 aromatic rings. The average Bonchev–Trinajstić information content (AvgIpc) is 3.55. The van der Waals surface area contributed by atoms with Gasteiger partial charge in [-0.2, -0.15) is 0 Å².